The highest BCUT2D eigenvalue weighted by molar-refractivity contribution is 9.10. The van der Waals surface area contributed by atoms with Gasteiger partial charge in [0.25, 0.3) is 5.91 Å². The second-order valence-electron chi connectivity index (χ2n) is 8.45. The maximum Gasteiger partial charge on any atom is 0.277 e. The van der Waals surface area contributed by atoms with Gasteiger partial charge in [-0.2, -0.15) is 5.10 Å². The first-order valence-corrected chi connectivity index (χ1v) is 12.8. The molecule has 0 aliphatic heterocycles. The first-order valence-electron chi connectivity index (χ1n) is 12.0. The third-order valence-corrected chi connectivity index (χ3v) is 6.20. The van der Waals surface area contributed by atoms with Crippen LogP contribution in [0.5, 0.6) is 11.5 Å². The average Bonchev–Trinajstić information content (AvgIpc) is 2.90. The molecule has 184 valence electrons. The molecule has 0 aliphatic carbocycles. The van der Waals surface area contributed by atoms with Crippen molar-refractivity contribution in [2.24, 2.45) is 5.10 Å². The van der Waals surface area contributed by atoms with Gasteiger partial charge < -0.3 is 9.47 Å². The largest absolute Gasteiger partial charge is 0.488 e. The van der Waals surface area contributed by atoms with Crippen LogP contribution in [-0.4, -0.2) is 18.7 Å². The number of nitrogens with one attached hydrogen (secondary N) is 1. The fourth-order valence-electron chi connectivity index (χ4n) is 3.81. The summed E-state index contributed by atoms with van der Waals surface area (Å²) in [6.45, 7) is 2.47. The number of carbonyl (C=O) groups excluding carboxylic acids is 1. The molecule has 0 aromatic heterocycles. The van der Waals surface area contributed by atoms with Crippen molar-refractivity contribution in [3.8, 4) is 11.5 Å². The molecule has 4 aromatic rings. The number of unbranched alkanes of at least 4 members (excludes halogenated alkanes) is 1. The van der Waals surface area contributed by atoms with Crippen LogP contribution in [0.4, 0.5) is 0 Å². The van der Waals surface area contributed by atoms with Crippen molar-refractivity contribution in [2.45, 2.75) is 32.8 Å². The Bertz CT molecular complexity index is 1340. The predicted octanol–water partition coefficient (Wildman–Crippen LogP) is 7.05. The number of ether oxygens (including phenoxy) is 2. The van der Waals surface area contributed by atoms with Gasteiger partial charge in [0.05, 0.1) is 6.21 Å². The molecule has 0 heterocycles. The minimum absolute atomic E-state index is 0.118. The summed E-state index contributed by atoms with van der Waals surface area (Å²) in [5.74, 6) is 1.01. The summed E-state index contributed by atoms with van der Waals surface area (Å²) in [5.41, 5.74) is 5.67. The van der Waals surface area contributed by atoms with Crippen LogP contribution in [0.3, 0.4) is 0 Å². The maximum atomic E-state index is 12.3. The molecule has 4 aromatic carbocycles. The van der Waals surface area contributed by atoms with Crippen LogP contribution < -0.4 is 14.9 Å². The molecule has 1 N–H and O–H groups in total. The van der Waals surface area contributed by atoms with Crippen molar-refractivity contribution < 1.29 is 14.3 Å². The van der Waals surface area contributed by atoms with E-state index in [2.05, 4.69) is 33.4 Å². The number of rotatable bonds is 11. The monoisotopic (exact) mass is 544 g/mol. The summed E-state index contributed by atoms with van der Waals surface area (Å²) in [6, 6.07) is 27.8. The lowest BCUT2D eigenvalue weighted by atomic mass is 10.0. The Labute approximate surface area is 220 Å². The van der Waals surface area contributed by atoms with Gasteiger partial charge in [-0.15, -0.1) is 0 Å². The molecule has 0 spiro atoms. The highest BCUT2D eigenvalue weighted by Gasteiger charge is 2.09. The van der Waals surface area contributed by atoms with Crippen molar-refractivity contribution in [1.82, 2.24) is 5.43 Å². The smallest absolute Gasteiger partial charge is 0.277 e. The molecule has 1 amide bonds. The first kappa shape index (κ1) is 25.5. The molecule has 0 radical (unpaired) electrons. The van der Waals surface area contributed by atoms with E-state index >= 15 is 0 Å². The van der Waals surface area contributed by atoms with Crippen molar-refractivity contribution >= 4 is 38.8 Å². The van der Waals surface area contributed by atoms with Gasteiger partial charge in [0.2, 0.25) is 0 Å². The van der Waals surface area contributed by atoms with E-state index in [9.17, 15) is 4.79 Å². The van der Waals surface area contributed by atoms with Crippen LogP contribution >= 0.6 is 15.9 Å². The fourth-order valence-corrected chi connectivity index (χ4v) is 4.25. The van der Waals surface area contributed by atoms with Gasteiger partial charge >= 0.3 is 0 Å². The van der Waals surface area contributed by atoms with E-state index in [1.807, 2.05) is 84.9 Å². The third kappa shape index (κ3) is 7.18. The normalized spacial score (nSPS) is 11.1. The Kier molecular flexibility index (Phi) is 9.11. The predicted molar refractivity (Wildman–Crippen MR) is 149 cm³/mol. The summed E-state index contributed by atoms with van der Waals surface area (Å²) in [7, 11) is 0. The molecule has 0 unspecified atom stereocenters. The Hall–Kier alpha value is -3.64. The molecule has 0 saturated heterocycles. The van der Waals surface area contributed by atoms with Crippen molar-refractivity contribution in [3.63, 3.8) is 0 Å². The van der Waals surface area contributed by atoms with Crippen LogP contribution in [0.2, 0.25) is 0 Å². The number of hydrazone groups is 1. The first-order chi connectivity index (χ1) is 17.6. The Morgan fingerprint density at radius 3 is 2.58 bits per heavy atom. The van der Waals surface area contributed by atoms with E-state index in [1.165, 1.54) is 5.56 Å². The zero-order valence-corrected chi connectivity index (χ0v) is 21.8. The Balaban J connectivity index is 1.40. The Morgan fingerprint density at radius 1 is 0.944 bits per heavy atom. The summed E-state index contributed by atoms with van der Waals surface area (Å²) >= 11 is 3.50. The van der Waals surface area contributed by atoms with E-state index in [1.54, 1.807) is 6.21 Å². The van der Waals surface area contributed by atoms with Crippen LogP contribution in [0.25, 0.3) is 10.8 Å². The van der Waals surface area contributed by atoms with Crippen LogP contribution in [0.1, 0.15) is 36.5 Å². The number of nitrogens with zero attached hydrogens (tertiary/aromatic N) is 1. The number of carbonyl (C=O) groups is 1. The number of hydrogen-bond donors (Lipinski definition) is 1. The minimum atomic E-state index is -0.335. The lowest BCUT2D eigenvalue weighted by Gasteiger charge is -2.12. The fraction of sp³-hybridized carbons (Fsp3) is 0.200. The van der Waals surface area contributed by atoms with E-state index in [0.717, 1.165) is 45.6 Å². The van der Waals surface area contributed by atoms with Gasteiger partial charge in [0.1, 0.15) is 18.1 Å². The number of hydrogen-bond acceptors (Lipinski definition) is 4. The number of amides is 1. The zero-order valence-electron chi connectivity index (χ0n) is 20.2. The highest BCUT2D eigenvalue weighted by Crippen LogP contribution is 2.27. The number of benzene rings is 4. The second kappa shape index (κ2) is 12.9. The lowest BCUT2D eigenvalue weighted by molar-refractivity contribution is -0.123. The number of aryl methyl sites for hydroxylation is 1. The summed E-state index contributed by atoms with van der Waals surface area (Å²) < 4.78 is 12.7. The van der Waals surface area contributed by atoms with Crippen LogP contribution in [0, 0.1) is 0 Å². The molecule has 0 saturated carbocycles. The number of fused-ring (bicyclic) bond motifs is 1. The quantitative estimate of drug-likeness (QED) is 0.162. The second-order valence-corrected chi connectivity index (χ2v) is 9.36. The molecule has 6 heteroatoms. The maximum absolute atomic E-state index is 12.3. The van der Waals surface area contributed by atoms with Crippen molar-refractivity contribution in [3.05, 3.63) is 106 Å². The van der Waals surface area contributed by atoms with Crippen molar-refractivity contribution in [1.29, 1.82) is 0 Å². The summed E-state index contributed by atoms with van der Waals surface area (Å²) in [5, 5.41) is 6.24. The van der Waals surface area contributed by atoms with Gasteiger partial charge in [0.15, 0.2) is 6.61 Å². The topological polar surface area (TPSA) is 59.9 Å². The van der Waals surface area contributed by atoms with E-state index < -0.39 is 0 Å². The van der Waals surface area contributed by atoms with E-state index in [0.29, 0.717) is 18.1 Å². The molecule has 36 heavy (non-hydrogen) atoms. The van der Waals surface area contributed by atoms with Gasteiger partial charge in [-0.3, -0.25) is 4.79 Å². The molecule has 0 bridgehead atoms. The Morgan fingerprint density at radius 2 is 1.78 bits per heavy atom. The molecule has 0 atom stereocenters. The molecule has 0 aliphatic rings. The third-order valence-electron chi connectivity index (χ3n) is 5.71. The minimum Gasteiger partial charge on any atom is -0.488 e. The van der Waals surface area contributed by atoms with Gasteiger partial charge in [-0.1, -0.05) is 83.9 Å². The summed E-state index contributed by atoms with van der Waals surface area (Å²) in [6.07, 6.45) is 5.00. The van der Waals surface area contributed by atoms with Gasteiger partial charge in [-0.25, -0.2) is 5.43 Å². The SMILES string of the molecule is CCCCc1ccc(OCC(=O)N/N=C\c2c(OCc3cccc(Br)c3)ccc3ccccc23)cc1. The van der Waals surface area contributed by atoms with Gasteiger partial charge in [-0.05, 0) is 65.1 Å². The van der Waals surface area contributed by atoms with E-state index in [4.69, 9.17) is 9.47 Å². The zero-order chi connectivity index (χ0) is 25.2. The number of halogens is 1. The molecule has 5 nitrogen and oxygen atoms in total. The molecular formula is C30H29BrN2O3. The van der Waals surface area contributed by atoms with Crippen LogP contribution in [0.15, 0.2) is 94.5 Å². The van der Waals surface area contributed by atoms with Crippen LogP contribution in [-0.2, 0) is 17.8 Å². The van der Waals surface area contributed by atoms with Gasteiger partial charge in [0, 0.05) is 10.0 Å². The summed E-state index contributed by atoms with van der Waals surface area (Å²) in [4.78, 5) is 12.3. The molecule has 4 rings (SSSR count). The standard InChI is InChI=1S/C30H29BrN2O3/c1-2-3-7-22-12-15-26(16-13-22)35-21-30(34)33-32-19-28-27-11-5-4-9-24(27)14-17-29(28)36-20-23-8-6-10-25(31)18-23/h4-6,8-19H,2-3,7,20-21H2,1H3,(H,33,34)/b32-19-. The highest BCUT2D eigenvalue weighted by atomic mass is 79.9. The lowest BCUT2D eigenvalue weighted by Crippen LogP contribution is -2.24. The molecule has 0 fully saturated rings. The van der Waals surface area contributed by atoms with E-state index in [-0.39, 0.29) is 12.5 Å². The van der Waals surface area contributed by atoms with Crippen molar-refractivity contribution in [2.75, 3.05) is 6.61 Å². The molecular weight excluding hydrogens is 516 g/mol. The average molecular weight is 545 g/mol.